The van der Waals surface area contributed by atoms with Gasteiger partial charge in [0.15, 0.2) is 0 Å². The van der Waals surface area contributed by atoms with Crippen molar-refractivity contribution < 1.29 is 9.18 Å². The molecule has 0 saturated carbocycles. The zero-order chi connectivity index (χ0) is 13.5. The fraction of sp³-hybridized carbons (Fsp3) is 0.133. The largest absolute Gasteiger partial charge is 0.359 e. The quantitative estimate of drug-likeness (QED) is 0.823. The van der Waals surface area contributed by atoms with Crippen LogP contribution < -0.4 is 10.6 Å². The Kier molecular flexibility index (Phi) is 2.52. The summed E-state index contributed by atoms with van der Waals surface area (Å²) >= 11 is 0. The molecule has 1 amide bonds. The van der Waals surface area contributed by atoms with E-state index >= 15 is 0 Å². The summed E-state index contributed by atoms with van der Waals surface area (Å²) < 4.78 is 13.3. The Morgan fingerprint density at radius 2 is 1.84 bits per heavy atom. The Hall–Kier alpha value is -2.36. The third-order valence-corrected chi connectivity index (χ3v) is 3.32. The molecule has 1 atom stereocenters. The van der Waals surface area contributed by atoms with Crippen molar-refractivity contribution in [2.45, 2.75) is 12.6 Å². The first-order valence-corrected chi connectivity index (χ1v) is 6.04. The summed E-state index contributed by atoms with van der Waals surface area (Å²) in [7, 11) is 0. The van der Waals surface area contributed by atoms with Crippen LogP contribution in [0.3, 0.4) is 0 Å². The van der Waals surface area contributed by atoms with Crippen molar-refractivity contribution in [3.05, 3.63) is 65.5 Å². The van der Waals surface area contributed by atoms with Crippen LogP contribution in [0.25, 0.3) is 0 Å². The number of benzene rings is 2. The molecule has 96 valence electrons. The summed E-state index contributed by atoms with van der Waals surface area (Å²) in [5.41, 5.74) is 1.21. The molecule has 0 saturated heterocycles. The average molecular weight is 256 g/mol. The summed E-state index contributed by atoms with van der Waals surface area (Å²) in [5.74, 6) is -0.491. The lowest BCUT2D eigenvalue weighted by molar-refractivity contribution is 0.0906. The van der Waals surface area contributed by atoms with Crippen molar-refractivity contribution in [3.63, 3.8) is 0 Å². The lowest BCUT2D eigenvalue weighted by atomic mass is 9.96. The smallest absolute Gasteiger partial charge is 0.255 e. The van der Waals surface area contributed by atoms with Crippen LogP contribution in [-0.4, -0.2) is 5.91 Å². The maximum Gasteiger partial charge on any atom is 0.255 e. The number of halogens is 1. The molecule has 3 nitrogen and oxygen atoms in total. The van der Waals surface area contributed by atoms with E-state index in [4.69, 9.17) is 0 Å². The number of anilines is 1. The summed E-state index contributed by atoms with van der Waals surface area (Å²) in [6, 6.07) is 13.5. The molecule has 4 heteroatoms. The van der Waals surface area contributed by atoms with Crippen molar-refractivity contribution >= 4 is 11.6 Å². The molecular weight excluding hydrogens is 243 g/mol. The van der Waals surface area contributed by atoms with E-state index in [1.54, 1.807) is 18.2 Å². The molecule has 0 aliphatic carbocycles. The van der Waals surface area contributed by atoms with Crippen molar-refractivity contribution in [3.8, 4) is 0 Å². The number of hydrogen-bond donors (Lipinski definition) is 2. The summed E-state index contributed by atoms with van der Waals surface area (Å²) in [6.07, 6.45) is 0. The molecule has 1 aliphatic heterocycles. The van der Waals surface area contributed by atoms with Crippen LogP contribution in [-0.2, 0) is 5.66 Å². The van der Waals surface area contributed by atoms with Gasteiger partial charge >= 0.3 is 0 Å². The fourth-order valence-electron chi connectivity index (χ4n) is 2.33. The molecule has 1 heterocycles. The van der Waals surface area contributed by atoms with E-state index in [0.717, 1.165) is 5.69 Å². The normalized spacial score (nSPS) is 21.3. The molecule has 0 spiro atoms. The Morgan fingerprint density at radius 3 is 2.63 bits per heavy atom. The van der Waals surface area contributed by atoms with E-state index in [0.29, 0.717) is 11.1 Å². The van der Waals surface area contributed by atoms with Gasteiger partial charge in [-0.05, 0) is 31.2 Å². The number of para-hydroxylation sites is 1. The lowest BCUT2D eigenvalue weighted by Crippen LogP contribution is -2.52. The van der Waals surface area contributed by atoms with Crippen molar-refractivity contribution in [2.24, 2.45) is 0 Å². The van der Waals surface area contributed by atoms with Crippen molar-refractivity contribution in [2.75, 3.05) is 5.32 Å². The van der Waals surface area contributed by atoms with Crippen LogP contribution in [0.15, 0.2) is 48.5 Å². The SMILES string of the molecule is CC1(c2cccc(F)c2)NC(=O)c2ccccc2N1. The number of carbonyl (C=O) groups excluding carboxylic acids is 1. The Bertz CT molecular complexity index is 656. The van der Waals surface area contributed by atoms with Crippen molar-refractivity contribution in [1.82, 2.24) is 5.32 Å². The predicted molar refractivity (Wildman–Crippen MR) is 71.3 cm³/mol. The van der Waals surface area contributed by atoms with E-state index in [1.807, 2.05) is 25.1 Å². The van der Waals surface area contributed by atoms with Crippen LogP contribution in [0.1, 0.15) is 22.8 Å². The van der Waals surface area contributed by atoms with Gasteiger partial charge in [-0.2, -0.15) is 0 Å². The van der Waals surface area contributed by atoms with Crippen molar-refractivity contribution in [1.29, 1.82) is 0 Å². The van der Waals surface area contributed by atoms with Gasteiger partial charge in [-0.1, -0.05) is 24.3 Å². The minimum Gasteiger partial charge on any atom is -0.359 e. The van der Waals surface area contributed by atoms with Crippen LogP contribution in [0, 0.1) is 5.82 Å². The molecule has 1 unspecified atom stereocenters. The Labute approximate surface area is 110 Å². The molecule has 19 heavy (non-hydrogen) atoms. The Balaban J connectivity index is 2.06. The van der Waals surface area contributed by atoms with Crippen LogP contribution in [0.4, 0.5) is 10.1 Å². The number of nitrogens with one attached hydrogen (secondary N) is 2. The maximum atomic E-state index is 13.3. The highest BCUT2D eigenvalue weighted by molar-refractivity contribution is 6.02. The van der Waals surface area contributed by atoms with Gasteiger partial charge in [-0.25, -0.2) is 4.39 Å². The molecule has 0 fully saturated rings. The average Bonchev–Trinajstić information content (AvgIpc) is 2.38. The Morgan fingerprint density at radius 1 is 1.05 bits per heavy atom. The van der Waals surface area contributed by atoms with E-state index in [-0.39, 0.29) is 11.7 Å². The summed E-state index contributed by atoms with van der Waals surface area (Å²) in [6.45, 7) is 1.82. The van der Waals surface area contributed by atoms with Gasteiger partial charge in [0.1, 0.15) is 11.5 Å². The second kappa shape index (κ2) is 4.09. The van der Waals surface area contributed by atoms with Gasteiger partial charge in [0.05, 0.1) is 5.56 Å². The van der Waals surface area contributed by atoms with Crippen LogP contribution in [0.2, 0.25) is 0 Å². The maximum absolute atomic E-state index is 13.3. The molecule has 2 aromatic rings. The fourth-order valence-corrected chi connectivity index (χ4v) is 2.33. The molecule has 3 rings (SSSR count). The highest BCUT2D eigenvalue weighted by Crippen LogP contribution is 2.30. The number of carbonyl (C=O) groups is 1. The summed E-state index contributed by atoms with van der Waals surface area (Å²) in [5, 5.41) is 6.12. The first-order valence-electron chi connectivity index (χ1n) is 6.04. The van der Waals surface area contributed by atoms with Gasteiger partial charge in [0.25, 0.3) is 5.91 Å². The zero-order valence-electron chi connectivity index (χ0n) is 10.4. The van der Waals surface area contributed by atoms with Gasteiger partial charge in [-0.15, -0.1) is 0 Å². The number of rotatable bonds is 1. The molecule has 2 N–H and O–H groups in total. The molecule has 0 aromatic heterocycles. The van der Waals surface area contributed by atoms with E-state index < -0.39 is 5.66 Å². The van der Waals surface area contributed by atoms with Gasteiger partial charge < -0.3 is 10.6 Å². The van der Waals surface area contributed by atoms with E-state index in [1.165, 1.54) is 12.1 Å². The van der Waals surface area contributed by atoms with E-state index in [2.05, 4.69) is 10.6 Å². The number of hydrogen-bond acceptors (Lipinski definition) is 2. The zero-order valence-corrected chi connectivity index (χ0v) is 10.4. The second-order valence-electron chi connectivity index (χ2n) is 4.76. The lowest BCUT2D eigenvalue weighted by Gasteiger charge is -2.38. The van der Waals surface area contributed by atoms with Gasteiger partial charge in [0.2, 0.25) is 0 Å². The topological polar surface area (TPSA) is 41.1 Å². The molecule has 1 aliphatic rings. The number of fused-ring (bicyclic) bond motifs is 1. The first kappa shape index (κ1) is 11.7. The van der Waals surface area contributed by atoms with Gasteiger partial charge in [-0.3, -0.25) is 4.79 Å². The monoisotopic (exact) mass is 256 g/mol. The third-order valence-electron chi connectivity index (χ3n) is 3.32. The minimum atomic E-state index is -0.812. The predicted octanol–water partition coefficient (Wildman–Crippen LogP) is 2.85. The van der Waals surface area contributed by atoms with Crippen LogP contribution in [0.5, 0.6) is 0 Å². The highest BCUT2D eigenvalue weighted by atomic mass is 19.1. The molecular formula is C15H13FN2O. The first-order chi connectivity index (χ1) is 9.08. The molecule has 0 bridgehead atoms. The molecule has 0 radical (unpaired) electrons. The van der Waals surface area contributed by atoms with E-state index in [9.17, 15) is 9.18 Å². The van der Waals surface area contributed by atoms with Crippen LogP contribution >= 0.6 is 0 Å². The second-order valence-corrected chi connectivity index (χ2v) is 4.76. The standard InChI is InChI=1S/C15H13FN2O/c1-15(10-5-4-6-11(16)9-10)17-13-8-3-2-7-12(13)14(19)18-15/h2-9,17H,1H3,(H,18,19). The third kappa shape index (κ3) is 1.95. The van der Waals surface area contributed by atoms with Gasteiger partial charge in [0, 0.05) is 11.3 Å². The summed E-state index contributed by atoms with van der Waals surface area (Å²) in [4.78, 5) is 12.1. The number of amides is 1. The minimum absolute atomic E-state index is 0.166. The molecule has 2 aromatic carbocycles. The highest BCUT2D eigenvalue weighted by Gasteiger charge is 2.34.